The van der Waals surface area contributed by atoms with Crippen molar-refractivity contribution >= 4 is 35.7 Å². The topological polar surface area (TPSA) is 195 Å². The van der Waals surface area contributed by atoms with Crippen LogP contribution >= 0.6 is 0 Å². The Morgan fingerprint density at radius 3 is 1.93 bits per heavy atom. The van der Waals surface area contributed by atoms with Gasteiger partial charge in [-0.25, -0.2) is 4.79 Å². The van der Waals surface area contributed by atoms with E-state index in [9.17, 15) is 28.8 Å². The molecule has 0 aliphatic carbocycles. The van der Waals surface area contributed by atoms with Crippen molar-refractivity contribution in [3.63, 3.8) is 0 Å². The van der Waals surface area contributed by atoms with E-state index in [1.807, 2.05) is 6.92 Å². The van der Waals surface area contributed by atoms with Gasteiger partial charge in [0.1, 0.15) is 36.4 Å². The molecule has 0 saturated heterocycles. The molecule has 0 saturated carbocycles. The minimum atomic E-state index is -1.45. The van der Waals surface area contributed by atoms with E-state index in [2.05, 4.69) is 21.3 Å². The van der Waals surface area contributed by atoms with Crippen LogP contribution in [0.3, 0.4) is 0 Å². The van der Waals surface area contributed by atoms with E-state index in [4.69, 9.17) is 15.2 Å². The van der Waals surface area contributed by atoms with Gasteiger partial charge in [0.2, 0.25) is 23.6 Å². The van der Waals surface area contributed by atoms with Gasteiger partial charge >= 0.3 is 12.1 Å². The Labute approximate surface area is 240 Å². The number of hydrogen-bond donors (Lipinski definition) is 5. The highest BCUT2D eigenvalue weighted by Gasteiger charge is 2.31. The lowest BCUT2D eigenvalue weighted by molar-refractivity contribution is -0.147. The lowest BCUT2D eigenvalue weighted by Crippen LogP contribution is -2.58. The summed E-state index contributed by atoms with van der Waals surface area (Å²) in [5, 5.41) is 9.74. The van der Waals surface area contributed by atoms with Crippen molar-refractivity contribution in [2.75, 3.05) is 0 Å². The molecule has 13 nitrogen and oxygen atoms in total. The van der Waals surface area contributed by atoms with Crippen LogP contribution in [0.2, 0.25) is 0 Å². The van der Waals surface area contributed by atoms with Crippen LogP contribution in [0.5, 0.6) is 0 Å². The predicted octanol–water partition coefficient (Wildman–Crippen LogP) is 1.04. The van der Waals surface area contributed by atoms with Crippen LogP contribution < -0.4 is 27.0 Å². The minimum absolute atomic E-state index is 0.0541. The molecule has 41 heavy (non-hydrogen) atoms. The zero-order valence-corrected chi connectivity index (χ0v) is 24.7. The van der Waals surface area contributed by atoms with Crippen LogP contribution in [0, 0.1) is 5.92 Å². The molecule has 13 heteroatoms. The van der Waals surface area contributed by atoms with Crippen LogP contribution in [0.4, 0.5) is 4.79 Å². The van der Waals surface area contributed by atoms with Crippen molar-refractivity contribution in [3.05, 3.63) is 35.9 Å². The number of nitrogens with one attached hydrogen (secondary N) is 4. The quantitative estimate of drug-likeness (QED) is 0.202. The number of alkyl carbamates (subject to hydrolysis) is 1. The monoisotopic (exact) mass is 577 g/mol. The Kier molecular flexibility index (Phi) is 13.8. The maximum atomic E-state index is 13.1. The van der Waals surface area contributed by atoms with E-state index in [1.165, 1.54) is 13.8 Å². The number of carbonyl (C=O) groups is 6. The van der Waals surface area contributed by atoms with Gasteiger partial charge in [0, 0.05) is 0 Å². The van der Waals surface area contributed by atoms with Crippen LogP contribution in [-0.4, -0.2) is 65.5 Å². The standard InChI is InChI=1S/C28H43N5O8/c1-8-16(2)22(23(29)35)33-25(37)17(3)30-26(38)20(14-21(34)40-15-19-12-10-9-11-13-19)32-24(36)18(4)31-27(39)41-28(5,6)7/h9-13,16-18,20,22H,8,14-15H2,1-7H3,(H2,29,35)(H,30,38)(H,31,39)(H,32,36)(H,33,37)/t16-,17-,18+,20-,22-/m0/s1. The normalized spacial score (nSPS) is 14.7. The summed E-state index contributed by atoms with van der Waals surface area (Å²) in [6.45, 7) is 11.2. The summed E-state index contributed by atoms with van der Waals surface area (Å²) in [5.41, 5.74) is 5.33. The van der Waals surface area contributed by atoms with Crippen molar-refractivity contribution in [1.29, 1.82) is 0 Å². The molecule has 0 unspecified atom stereocenters. The lowest BCUT2D eigenvalue weighted by atomic mass is 9.98. The first kappa shape index (κ1) is 34.9. The number of esters is 1. The minimum Gasteiger partial charge on any atom is -0.461 e. The molecule has 228 valence electrons. The molecule has 1 aromatic carbocycles. The number of nitrogens with two attached hydrogens (primary N) is 1. The van der Waals surface area contributed by atoms with E-state index in [0.717, 1.165) is 5.56 Å². The third-order valence-corrected chi connectivity index (χ3v) is 5.94. The van der Waals surface area contributed by atoms with Gasteiger partial charge < -0.3 is 36.5 Å². The van der Waals surface area contributed by atoms with E-state index in [1.54, 1.807) is 58.0 Å². The van der Waals surface area contributed by atoms with Gasteiger partial charge in [-0.05, 0) is 46.1 Å². The molecule has 1 aromatic rings. The van der Waals surface area contributed by atoms with Gasteiger partial charge in [-0.1, -0.05) is 50.6 Å². The fourth-order valence-electron chi connectivity index (χ4n) is 3.41. The Bertz CT molecular complexity index is 1070. The predicted molar refractivity (Wildman–Crippen MR) is 150 cm³/mol. The van der Waals surface area contributed by atoms with Crippen LogP contribution in [0.1, 0.15) is 66.9 Å². The zero-order chi connectivity index (χ0) is 31.3. The number of hydrogen-bond acceptors (Lipinski definition) is 8. The van der Waals surface area contributed by atoms with Gasteiger partial charge in [0.25, 0.3) is 0 Å². The first-order chi connectivity index (χ1) is 19.0. The second-order valence-electron chi connectivity index (χ2n) is 10.8. The maximum Gasteiger partial charge on any atom is 0.408 e. The van der Waals surface area contributed by atoms with Gasteiger partial charge in [-0.3, -0.25) is 24.0 Å². The smallest absolute Gasteiger partial charge is 0.408 e. The fourth-order valence-corrected chi connectivity index (χ4v) is 3.41. The summed E-state index contributed by atoms with van der Waals surface area (Å²) in [5.74, 6) is -4.08. The number of carbonyl (C=O) groups excluding carboxylic acids is 6. The van der Waals surface area contributed by atoms with Gasteiger partial charge in [0.15, 0.2) is 0 Å². The lowest BCUT2D eigenvalue weighted by Gasteiger charge is -2.25. The third kappa shape index (κ3) is 13.2. The number of rotatable bonds is 14. The van der Waals surface area contributed by atoms with E-state index in [-0.39, 0.29) is 12.5 Å². The summed E-state index contributed by atoms with van der Waals surface area (Å²) in [4.78, 5) is 75.1. The number of ether oxygens (including phenoxy) is 2. The Morgan fingerprint density at radius 2 is 1.39 bits per heavy atom. The maximum absolute atomic E-state index is 13.1. The van der Waals surface area contributed by atoms with Crippen molar-refractivity contribution < 1.29 is 38.2 Å². The largest absolute Gasteiger partial charge is 0.461 e. The molecule has 6 N–H and O–H groups in total. The summed E-state index contributed by atoms with van der Waals surface area (Å²) in [7, 11) is 0. The zero-order valence-electron chi connectivity index (χ0n) is 24.7. The Hall–Kier alpha value is -4.16. The first-order valence-corrected chi connectivity index (χ1v) is 13.4. The second-order valence-corrected chi connectivity index (χ2v) is 10.8. The van der Waals surface area contributed by atoms with E-state index >= 15 is 0 Å². The van der Waals surface area contributed by atoms with Crippen molar-refractivity contribution in [2.24, 2.45) is 11.7 Å². The van der Waals surface area contributed by atoms with Crippen LogP contribution in [0.25, 0.3) is 0 Å². The SMILES string of the molecule is CC[C@H](C)[C@H](NC(=O)[C@H](C)NC(=O)[C@H](CC(=O)OCc1ccccc1)NC(=O)[C@@H](C)NC(=O)OC(C)(C)C)C(N)=O. The molecular formula is C28H43N5O8. The molecule has 0 radical (unpaired) electrons. The Morgan fingerprint density at radius 1 is 0.829 bits per heavy atom. The van der Waals surface area contributed by atoms with E-state index in [0.29, 0.717) is 6.42 Å². The average Bonchev–Trinajstić information content (AvgIpc) is 2.88. The second kappa shape index (κ2) is 16.2. The van der Waals surface area contributed by atoms with Gasteiger partial charge in [-0.15, -0.1) is 0 Å². The van der Waals surface area contributed by atoms with Crippen molar-refractivity contribution in [2.45, 2.75) is 97.7 Å². The van der Waals surface area contributed by atoms with Crippen molar-refractivity contribution in [1.82, 2.24) is 21.3 Å². The summed E-state index contributed by atoms with van der Waals surface area (Å²) in [6, 6.07) is 4.17. The third-order valence-electron chi connectivity index (χ3n) is 5.94. The molecule has 0 heterocycles. The highest BCUT2D eigenvalue weighted by molar-refractivity contribution is 5.96. The molecule has 0 bridgehead atoms. The highest BCUT2D eigenvalue weighted by atomic mass is 16.6. The van der Waals surface area contributed by atoms with Crippen LogP contribution in [0.15, 0.2) is 30.3 Å². The summed E-state index contributed by atoms with van der Waals surface area (Å²) in [6.07, 6.45) is -0.836. The molecule has 1 rings (SSSR count). The van der Waals surface area contributed by atoms with Crippen molar-refractivity contribution in [3.8, 4) is 0 Å². The van der Waals surface area contributed by atoms with Gasteiger partial charge in [0.05, 0.1) is 6.42 Å². The highest BCUT2D eigenvalue weighted by Crippen LogP contribution is 2.09. The molecule has 0 aromatic heterocycles. The van der Waals surface area contributed by atoms with Gasteiger partial charge in [-0.2, -0.15) is 0 Å². The Balaban J connectivity index is 2.97. The first-order valence-electron chi connectivity index (χ1n) is 13.4. The molecule has 0 aliphatic heterocycles. The summed E-state index contributed by atoms with van der Waals surface area (Å²) < 4.78 is 10.4. The molecular weight excluding hydrogens is 534 g/mol. The molecule has 0 aliphatic rings. The molecule has 5 amide bonds. The van der Waals surface area contributed by atoms with Crippen LogP contribution in [-0.2, 0) is 40.1 Å². The number of amides is 5. The number of primary amides is 1. The van der Waals surface area contributed by atoms with E-state index < -0.39 is 71.9 Å². The molecule has 5 atom stereocenters. The molecule has 0 fully saturated rings. The fraction of sp³-hybridized carbons (Fsp3) is 0.571. The average molecular weight is 578 g/mol. The summed E-state index contributed by atoms with van der Waals surface area (Å²) >= 11 is 0. The number of benzene rings is 1. The molecule has 0 spiro atoms.